The van der Waals surface area contributed by atoms with Gasteiger partial charge in [0.1, 0.15) is 5.58 Å². The van der Waals surface area contributed by atoms with Crippen LogP contribution < -0.4 is 10.2 Å². The predicted octanol–water partition coefficient (Wildman–Crippen LogP) is 4.43. The van der Waals surface area contributed by atoms with Crippen molar-refractivity contribution in [3.8, 4) is 11.3 Å². The molecule has 1 aliphatic heterocycles. The summed E-state index contributed by atoms with van der Waals surface area (Å²) in [6.07, 6.45) is 6.44. The molecule has 0 radical (unpaired) electrons. The van der Waals surface area contributed by atoms with Gasteiger partial charge in [-0.05, 0) is 49.2 Å². The van der Waals surface area contributed by atoms with Gasteiger partial charge in [0, 0.05) is 48.0 Å². The van der Waals surface area contributed by atoms with Crippen molar-refractivity contribution in [1.29, 1.82) is 0 Å². The van der Waals surface area contributed by atoms with E-state index in [9.17, 15) is 9.18 Å². The first-order valence-corrected chi connectivity index (χ1v) is 10.3. The largest absolute Gasteiger partial charge is 0.464 e. The van der Waals surface area contributed by atoms with Crippen LogP contribution in [0.5, 0.6) is 0 Å². The lowest BCUT2D eigenvalue weighted by molar-refractivity contribution is 0.0931. The van der Waals surface area contributed by atoms with Crippen LogP contribution in [0.25, 0.3) is 22.2 Å². The first kappa shape index (κ1) is 19.2. The number of carbonyl (C=O) groups excluding carboxylic acids is 1. The first-order chi connectivity index (χ1) is 15.2. The first-order valence-electron chi connectivity index (χ1n) is 10.3. The van der Waals surface area contributed by atoms with Gasteiger partial charge in [0.05, 0.1) is 12.0 Å². The maximum Gasteiger partial charge on any atom is 0.251 e. The van der Waals surface area contributed by atoms with E-state index in [1.54, 1.807) is 24.7 Å². The van der Waals surface area contributed by atoms with Gasteiger partial charge in [-0.3, -0.25) is 9.78 Å². The molecule has 0 spiro atoms. The summed E-state index contributed by atoms with van der Waals surface area (Å²) in [4.78, 5) is 23.2. The number of aromatic nitrogens is 2. The Morgan fingerprint density at radius 2 is 1.84 bits per heavy atom. The van der Waals surface area contributed by atoms with E-state index in [0.717, 1.165) is 35.1 Å². The molecule has 1 amide bonds. The van der Waals surface area contributed by atoms with Crippen LogP contribution in [0.4, 0.5) is 10.2 Å². The summed E-state index contributed by atoms with van der Waals surface area (Å²) in [5.74, 6) is -0.0433. The van der Waals surface area contributed by atoms with E-state index >= 15 is 0 Å². The fourth-order valence-corrected chi connectivity index (χ4v) is 4.02. The minimum Gasteiger partial charge on any atom is -0.464 e. The van der Waals surface area contributed by atoms with Gasteiger partial charge < -0.3 is 14.6 Å². The molecule has 1 aliphatic rings. The average Bonchev–Trinajstić information content (AvgIpc) is 3.29. The van der Waals surface area contributed by atoms with Gasteiger partial charge in [0.25, 0.3) is 5.91 Å². The number of anilines is 1. The average molecular weight is 416 g/mol. The van der Waals surface area contributed by atoms with Crippen LogP contribution in [-0.4, -0.2) is 35.0 Å². The highest BCUT2D eigenvalue weighted by Gasteiger charge is 2.23. The quantitative estimate of drug-likeness (QED) is 0.533. The number of nitrogens with one attached hydrogen (secondary N) is 1. The number of rotatable bonds is 4. The molecule has 156 valence electrons. The number of piperidine rings is 1. The molecule has 4 aromatic rings. The molecular formula is C24H21FN4O2. The van der Waals surface area contributed by atoms with Crippen molar-refractivity contribution in [1.82, 2.24) is 15.3 Å². The molecule has 31 heavy (non-hydrogen) atoms. The Labute approximate surface area is 178 Å². The lowest BCUT2D eigenvalue weighted by atomic mass is 10.0. The standard InChI is InChI=1S/C24H21FN4O2/c25-20-2-1-11-27-23(20)29-13-8-18(9-14-29)28-24(30)17-5-3-16(4-6-17)22-19-10-15-31-21(19)7-12-26-22/h1-7,10-12,15,18H,8-9,13-14H2,(H,28,30). The van der Waals surface area contributed by atoms with Crippen LogP contribution in [0.2, 0.25) is 0 Å². The van der Waals surface area contributed by atoms with Gasteiger partial charge in [0.15, 0.2) is 11.6 Å². The lowest BCUT2D eigenvalue weighted by Gasteiger charge is -2.33. The zero-order chi connectivity index (χ0) is 21.2. The maximum atomic E-state index is 13.9. The second kappa shape index (κ2) is 8.18. The number of fused-ring (bicyclic) bond motifs is 1. The Morgan fingerprint density at radius 3 is 2.61 bits per heavy atom. The number of halogens is 1. The monoisotopic (exact) mass is 416 g/mol. The summed E-state index contributed by atoms with van der Waals surface area (Å²) >= 11 is 0. The third-order valence-corrected chi connectivity index (χ3v) is 5.67. The number of hydrogen-bond acceptors (Lipinski definition) is 5. The van der Waals surface area contributed by atoms with Gasteiger partial charge in [-0.15, -0.1) is 0 Å². The highest BCUT2D eigenvalue weighted by molar-refractivity contribution is 5.96. The summed E-state index contributed by atoms with van der Waals surface area (Å²) < 4.78 is 19.4. The van der Waals surface area contributed by atoms with Crippen molar-refractivity contribution < 1.29 is 13.6 Å². The van der Waals surface area contributed by atoms with E-state index < -0.39 is 0 Å². The molecule has 7 heteroatoms. The van der Waals surface area contributed by atoms with Crippen LogP contribution in [0, 0.1) is 5.82 Å². The van der Waals surface area contributed by atoms with Crippen molar-refractivity contribution in [3.05, 3.63) is 78.6 Å². The Bertz CT molecular complexity index is 1210. The van der Waals surface area contributed by atoms with Crippen LogP contribution in [0.3, 0.4) is 0 Å². The van der Waals surface area contributed by atoms with Crippen LogP contribution >= 0.6 is 0 Å². The minimum atomic E-state index is -0.314. The molecule has 1 saturated heterocycles. The van der Waals surface area contributed by atoms with E-state index in [-0.39, 0.29) is 17.8 Å². The SMILES string of the molecule is O=C(NC1CCN(c2ncccc2F)CC1)c1ccc(-c2nccc3occc23)cc1. The minimum absolute atomic E-state index is 0.0524. The molecule has 4 heterocycles. The molecule has 5 rings (SSSR count). The molecule has 1 N–H and O–H groups in total. The maximum absolute atomic E-state index is 13.9. The van der Waals surface area contributed by atoms with Crippen LogP contribution in [0.1, 0.15) is 23.2 Å². The Hall–Kier alpha value is -3.74. The molecule has 0 atom stereocenters. The summed E-state index contributed by atoms with van der Waals surface area (Å²) in [5.41, 5.74) is 3.13. The fourth-order valence-electron chi connectivity index (χ4n) is 4.02. The third-order valence-electron chi connectivity index (χ3n) is 5.67. The van der Waals surface area contributed by atoms with E-state index in [1.165, 1.54) is 6.07 Å². The van der Waals surface area contributed by atoms with Crippen LogP contribution in [0.15, 0.2) is 71.6 Å². The zero-order valence-electron chi connectivity index (χ0n) is 16.8. The number of nitrogens with zero attached hydrogens (tertiary/aromatic N) is 3. The summed E-state index contributed by atoms with van der Waals surface area (Å²) in [5, 5.41) is 4.04. The molecule has 0 saturated carbocycles. The van der Waals surface area contributed by atoms with Gasteiger partial charge >= 0.3 is 0 Å². The Kier molecular flexibility index (Phi) is 5.08. The number of carbonyl (C=O) groups is 1. The van der Waals surface area contributed by atoms with Gasteiger partial charge in [-0.1, -0.05) is 12.1 Å². The highest BCUT2D eigenvalue weighted by Crippen LogP contribution is 2.27. The van der Waals surface area contributed by atoms with Gasteiger partial charge in [-0.25, -0.2) is 9.37 Å². The van der Waals surface area contributed by atoms with Crippen molar-refractivity contribution >= 4 is 22.7 Å². The van der Waals surface area contributed by atoms with Crippen molar-refractivity contribution in [3.63, 3.8) is 0 Å². The number of benzene rings is 1. The van der Waals surface area contributed by atoms with Gasteiger partial charge in [-0.2, -0.15) is 0 Å². The van der Waals surface area contributed by atoms with E-state index in [1.807, 2.05) is 41.3 Å². The molecule has 6 nitrogen and oxygen atoms in total. The second-order valence-electron chi connectivity index (χ2n) is 7.61. The summed E-state index contributed by atoms with van der Waals surface area (Å²) in [6, 6.07) is 14.2. The van der Waals surface area contributed by atoms with E-state index in [0.29, 0.717) is 24.5 Å². The molecule has 1 fully saturated rings. The second-order valence-corrected chi connectivity index (χ2v) is 7.61. The summed E-state index contributed by atoms with van der Waals surface area (Å²) in [6.45, 7) is 1.30. The highest BCUT2D eigenvalue weighted by atomic mass is 19.1. The van der Waals surface area contributed by atoms with Crippen molar-refractivity contribution in [2.45, 2.75) is 18.9 Å². The molecule has 0 unspecified atom stereocenters. The summed E-state index contributed by atoms with van der Waals surface area (Å²) in [7, 11) is 0. The number of amides is 1. The van der Waals surface area contributed by atoms with Crippen molar-refractivity contribution in [2.75, 3.05) is 18.0 Å². The zero-order valence-corrected chi connectivity index (χ0v) is 16.8. The number of pyridine rings is 2. The topological polar surface area (TPSA) is 71.3 Å². The molecule has 1 aromatic carbocycles. The Balaban J connectivity index is 1.22. The lowest BCUT2D eigenvalue weighted by Crippen LogP contribution is -2.45. The van der Waals surface area contributed by atoms with Gasteiger partial charge in [0.2, 0.25) is 0 Å². The van der Waals surface area contributed by atoms with Crippen molar-refractivity contribution in [2.24, 2.45) is 0 Å². The normalized spacial score (nSPS) is 14.7. The fraction of sp³-hybridized carbons (Fsp3) is 0.208. The molecule has 0 aliphatic carbocycles. The molecule has 0 bridgehead atoms. The molecule has 3 aromatic heterocycles. The Morgan fingerprint density at radius 1 is 1.03 bits per heavy atom. The van der Waals surface area contributed by atoms with Crippen LogP contribution in [-0.2, 0) is 0 Å². The van der Waals surface area contributed by atoms with E-state index in [4.69, 9.17) is 4.42 Å². The predicted molar refractivity (Wildman–Crippen MR) is 116 cm³/mol. The smallest absolute Gasteiger partial charge is 0.251 e. The number of furan rings is 1. The molecular weight excluding hydrogens is 395 g/mol. The van der Waals surface area contributed by atoms with E-state index in [2.05, 4.69) is 15.3 Å². The third kappa shape index (κ3) is 3.86. The number of hydrogen-bond donors (Lipinski definition) is 1.